The summed E-state index contributed by atoms with van der Waals surface area (Å²) in [5.74, 6) is 2.28. The quantitative estimate of drug-likeness (QED) is 0.226. The summed E-state index contributed by atoms with van der Waals surface area (Å²) in [6, 6.07) is 37.4. The number of benzene rings is 5. The smallest absolute Gasteiger partial charge is 0.128 e. The topological polar surface area (TPSA) is 30.8 Å². The van der Waals surface area contributed by atoms with Crippen molar-refractivity contribution in [3.05, 3.63) is 131 Å². The van der Waals surface area contributed by atoms with E-state index in [-0.39, 0.29) is 0 Å². The lowest BCUT2D eigenvalue weighted by atomic mass is 10.1. The molecular formula is C30H22ClNO2. The number of halogens is 1. The van der Waals surface area contributed by atoms with Crippen LogP contribution >= 0.6 is 11.6 Å². The van der Waals surface area contributed by atoms with E-state index in [0.29, 0.717) is 11.6 Å². The average Bonchev–Trinajstić information content (AvgIpc) is 2.88. The normalized spacial score (nSPS) is 11.1. The molecule has 0 fully saturated rings. The molecule has 166 valence electrons. The minimum absolute atomic E-state index is 0.454. The van der Waals surface area contributed by atoms with Gasteiger partial charge < -0.3 is 9.47 Å². The van der Waals surface area contributed by atoms with Gasteiger partial charge in [-0.1, -0.05) is 72.3 Å². The number of rotatable bonds is 7. The predicted octanol–water partition coefficient (Wildman–Crippen LogP) is 8.62. The van der Waals surface area contributed by atoms with Gasteiger partial charge in [0.05, 0.1) is 5.69 Å². The largest absolute Gasteiger partial charge is 0.488 e. The molecule has 0 aliphatic carbocycles. The summed E-state index contributed by atoms with van der Waals surface area (Å²) in [6.45, 7) is 0.454. The van der Waals surface area contributed by atoms with Crippen LogP contribution in [0, 0.1) is 0 Å². The first-order chi connectivity index (χ1) is 16.7. The second-order valence-corrected chi connectivity index (χ2v) is 8.21. The summed E-state index contributed by atoms with van der Waals surface area (Å²) in [5, 5.41) is 3.01. The van der Waals surface area contributed by atoms with Gasteiger partial charge in [-0.05, 0) is 70.9 Å². The molecule has 0 aliphatic heterocycles. The van der Waals surface area contributed by atoms with Crippen molar-refractivity contribution in [1.82, 2.24) is 0 Å². The van der Waals surface area contributed by atoms with Crippen molar-refractivity contribution < 1.29 is 9.47 Å². The van der Waals surface area contributed by atoms with Crippen molar-refractivity contribution in [2.75, 3.05) is 0 Å². The Morgan fingerprint density at radius 3 is 2.29 bits per heavy atom. The van der Waals surface area contributed by atoms with Crippen LogP contribution in [-0.4, -0.2) is 6.21 Å². The fourth-order valence-electron chi connectivity index (χ4n) is 3.69. The van der Waals surface area contributed by atoms with Crippen LogP contribution in [0.15, 0.2) is 120 Å². The van der Waals surface area contributed by atoms with Crippen molar-refractivity contribution >= 4 is 34.3 Å². The van der Waals surface area contributed by atoms with Crippen molar-refractivity contribution in [1.29, 1.82) is 0 Å². The number of fused-ring (bicyclic) bond motifs is 1. The van der Waals surface area contributed by atoms with Gasteiger partial charge in [0.2, 0.25) is 0 Å². The van der Waals surface area contributed by atoms with Crippen molar-refractivity contribution in [2.24, 2.45) is 4.99 Å². The van der Waals surface area contributed by atoms with E-state index in [1.54, 1.807) is 6.21 Å². The monoisotopic (exact) mass is 463 g/mol. The second kappa shape index (κ2) is 10.2. The van der Waals surface area contributed by atoms with Gasteiger partial charge in [-0.25, -0.2) is 0 Å². The van der Waals surface area contributed by atoms with Gasteiger partial charge in [0.1, 0.15) is 23.9 Å². The van der Waals surface area contributed by atoms with E-state index < -0.39 is 0 Å². The lowest BCUT2D eigenvalue weighted by Crippen LogP contribution is -1.99. The number of para-hydroxylation sites is 1. The third-order valence-electron chi connectivity index (χ3n) is 5.40. The van der Waals surface area contributed by atoms with Crippen LogP contribution in [0.3, 0.4) is 0 Å². The summed E-state index contributed by atoms with van der Waals surface area (Å²) in [6.07, 6.45) is 1.78. The van der Waals surface area contributed by atoms with Crippen LogP contribution in [-0.2, 0) is 6.61 Å². The minimum atomic E-state index is 0.454. The first kappa shape index (κ1) is 21.7. The van der Waals surface area contributed by atoms with E-state index in [4.69, 9.17) is 21.1 Å². The van der Waals surface area contributed by atoms with E-state index in [2.05, 4.69) is 35.3 Å². The molecule has 0 N–H and O–H groups in total. The molecule has 4 heteroatoms. The van der Waals surface area contributed by atoms with Gasteiger partial charge in [-0.2, -0.15) is 0 Å². The van der Waals surface area contributed by atoms with Crippen molar-refractivity contribution in [2.45, 2.75) is 6.61 Å². The molecule has 34 heavy (non-hydrogen) atoms. The number of hydrogen-bond donors (Lipinski definition) is 0. The molecule has 0 bridgehead atoms. The maximum Gasteiger partial charge on any atom is 0.128 e. The number of aliphatic imine (C=N–C) groups is 1. The molecule has 0 amide bonds. The molecule has 0 saturated heterocycles. The lowest BCUT2D eigenvalue weighted by Gasteiger charge is -2.11. The van der Waals surface area contributed by atoms with E-state index in [0.717, 1.165) is 34.1 Å². The fourth-order valence-corrected chi connectivity index (χ4v) is 3.87. The molecule has 3 nitrogen and oxygen atoms in total. The summed E-state index contributed by atoms with van der Waals surface area (Å²) in [5.41, 5.74) is 2.75. The first-order valence-electron chi connectivity index (χ1n) is 11.0. The van der Waals surface area contributed by atoms with Crippen molar-refractivity contribution in [3.8, 4) is 17.2 Å². The molecule has 0 atom stereocenters. The van der Waals surface area contributed by atoms with Gasteiger partial charge in [-0.15, -0.1) is 0 Å². The fraction of sp³-hybridized carbons (Fsp3) is 0.0333. The van der Waals surface area contributed by atoms with Crippen LogP contribution in [0.25, 0.3) is 10.8 Å². The highest BCUT2D eigenvalue weighted by atomic mass is 35.5. The highest BCUT2D eigenvalue weighted by Gasteiger charge is 2.06. The summed E-state index contributed by atoms with van der Waals surface area (Å²) in [7, 11) is 0. The zero-order valence-corrected chi connectivity index (χ0v) is 19.2. The van der Waals surface area contributed by atoms with E-state index >= 15 is 0 Å². The predicted molar refractivity (Wildman–Crippen MR) is 140 cm³/mol. The highest BCUT2D eigenvalue weighted by molar-refractivity contribution is 6.30. The van der Waals surface area contributed by atoms with Crippen LogP contribution in [0.5, 0.6) is 17.2 Å². The molecule has 0 radical (unpaired) electrons. The maximum atomic E-state index is 6.26. The average molecular weight is 464 g/mol. The lowest BCUT2D eigenvalue weighted by molar-refractivity contribution is 0.307. The summed E-state index contributed by atoms with van der Waals surface area (Å²) < 4.78 is 12.0. The molecule has 0 spiro atoms. The summed E-state index contributed by atoms with van der Waals surface area (Å²) in [4.78, 5) is 4.61. The Kier molecular flexibility index (Phi) is 6.55. The van der Waals surface area contributed by atoms with Gasteiger partial charge in [0, 0.05) is 16.8 Å². The van der Waals surface area contributed by atoms with E-state index in [1.165, 1.54) is 10.8 Å². The Labute approximate surface area is 203 Å². The standard InChI is InChI=1S/C30H22ClNO2/c31-25-13-18-30(33-21-23-9-6-8-22-7-4-5-12-29(22)23)24(19-25)20-32-26-14-16-28(17-15-26)34-27-10-2-1-3-11-27/h1-20H,21H2. The van der Waals surface area contributed by atoms with Crippen LogP contribution in [0.1, 0.15) is 11.1 Å². The zero-order chi connectivity index (χ0) is 23.2. The molecule has 0 aliphatic rings. The van der Waals surface area contributed by atoms with Gasteiger partial charge >= 0.3 is 0 Å². The van der Waals surface area contributed by atoms with Gasteiger partial charge in [-0.3, -0.25) is 4.99 Å². The molecule has 5 aromatic carbocycles. The third kappa shape index (κ3) is 5.28. The zero-order valence-electron chi connectivity index (χ0n) is 18.4. The van der Waals surface area contributed by atoms with E-state index in [9.17, 15) is 0 Å². The SMILES string of the molecule is Clc1ccc(OCc2cccc3ccccc23)c(C=Nc2ccc(Oc3ccccc3)cc2)c1. The number of hydrogen-bond acceptors (Lipinski definition) is 3. The molecule has 0 heterocycles. The molecule has 5 rings (SSSR count). The minimum Gasteiger partial charge on any atom is -0.488 e. The van der Waals surface area contributed by atoms with Crippen molar-refractivity contribution in [3.63, 3.8) is 0 Å². The Balaban J connectivity index is 1.31. The number of nitrogens with zero attached hydrogens (tertiary/aromatic N) is 1. The first-order valence-corrected chi connectivity index (χ1v) is 11.4. The van der Waals surface area contributed by atoms with E-state index in [1.807, 2.05) is 84.9 Å². The molecule has 0 aromatic heterocycles. The Morgan fingerprint density at radius 2 is 1.44 bits per heavy atom. The van der Waals surface area contributed by atoms with Gasteiger partial charge in [0.15, 0.2) is 0 Å². The Morgan fingerprint density at radius 1 is 0.706 bits per heavy atom. The highest BCUT2D eigenvalue weighted by Crippen LogP contribution is 2.27. The third-order valence-corrected chi connectivity index (χ3v) is 5.64. The number of ether oxygens (including phenoxy) is 2. The summed E-state index contributed by atoms with van der Waals surface area (Å²) >= 11 is 6.26. The second-order valence-electron chi connectivity index (χ2n) is 7.78. The van der Waals surface area contributed by atoms with Gasteiger partial charge in [0.25, 0.3) is 0 Å². The maximum absolute atomic E-state index is 6.26. The molecule has 5 aromatic rings. The van der Waals surface area contributed by atoms with Crippen LogP contribution in [0.4, 0.5) is 5.69 Å². The van der Waals surface area contributed by atoms with Crippen LogP contribution in [0.2, 0.25) is 5.02 Å². The molecule has 0 unspecified atom stereocenters. The Bertz CT molecular complexity index is 1420. The Hall–Kier alpha value is -4.08. The van der Waals surface area contributed by atoms with Crippen LogP contribution < -0.4 is 9.47 Å². The molecular weight excluding hydrogens is 442 g/mol. The molecule has 0 saturated carbocycles.